The van der Waals surface area contributed by atoms with E-state index in [1.54, 1.807) is 0 Å². The molecule has 0 heterocycles. The minimum absolute atomic E-state index is 0.251. The van der Waals surface area contributed by atoms with Crippen LogP contribution in [-0.2, 0) is 0 Å². The fraction of sp³-hybridized carbons (Fsp3) is 0.182. The van der Waals surface area contributed by atoms with Crippen molar-refractivity contribution in [3.8, 4) is 6.07 Å². The number of hydrogen-bond donors (Lipinski definition) is 4. The summed E-state index contributed by atoms with van der Waals surface area (Å²) in [5.41, 5.74) is -0.947. The molecule has 2 unspecified atom stereocenters. The van der Waals surface area contributed by atoms with Gasteiger partial charge < -0.3 is 20.4 Å². The number of carboxylic acids is 2. The lowest BCUT2D eigenvalue weighted by Crippen LogP contribution is -2.19. The van der Waals surface area contributed by atoms with Gasteiger partial charge >= 0.3 is 11.9 Å². The topological polar surface area (TPSA) is 139 Å². The molecular weight excluding hydrogens is 242 g/mol. The summed E-state index contributed by atoms with van der Waals surface area (Å²) in [6.07, 6.45) is -3.63. The van der Waals surface area contributed by atoms with Crippen molar-refractivity contribution in [3.05, 3.63) is 34.9 Å². The summed E-state index contributed by atoms with van der Waals surface area (Å²) in [6, 6.07) is 4.31. The van der Waals surface area contributed by atoms with Gasteiger partial charge in [0, 0.05) is 0 Å². The summed E-state index contributed by atoms with van der Waals surface area (Å²) in [7, 11) is 0. The Labute approximate surface area is 101 Å². The number of nitrogens with zero attached hydrogens (tertiary/aromatic N) is 1. The average Bonchev–Trinajstić information content (AvgIpc) is 2.35. The Balaban J connectivity index is 3.37. The Hall–Kier alpha value is -2.43. The monoisotopic (exact) mass is 251 g/mol. The highest BCUT2D eigenvalue weighted by atomic mass is 16.4. The normalized spacial score (nSPS) is 13.4. The molecule has 0 aliphatic carbocycles. The van der Waals surface area contributed by atoms with Gasteiger partial charge in [-0.05, 0) is 23.8 Å². The van der Waals surface area contributed by atoms with E-state index in [-0.39, 0.29) is 16.7 Å². The minimum atomic E-state index is -1.84. The first-order valence-electron chi connectivity index (χ1n) is 4.74. The van der Waals surface area contributed by atoms with Gasteiger partial charge in [-0.3, -0.25) is 0 Å². The molecule has 0 bridgehead atoms. The van der Waals surface area contributed by atoms with E-state index in [4.69, 9.17) is 20.6 Å². The van der Waals surface area contributed by atoms with Crippen LogP contribution < -0.4 is 0 Å². The largest absolute Gasteiger partial charge is 0.478 e. The lowest BCUT2D eigenvalue weighted by atomic mass is 9.96. The SMILES string of the molecule is N#CC(O)C(O)c1cc(C(=O)O)ccc1C(=O)O. The third kappa shape index (κ3) is 2.63. The predicted octanol–water partition coefficient (Wildman–Crippen LogP) is 0.000880. The molecule has 0 saturated carbocycles. The number of hydrogen-bond acceptors (Lipinski definition) is 5. The number of aliphatic hydroxyl groups excluding tert-OH is 2. The first-order chi connectivity index (χ1) is 8.38. The van der Waals surface area contributed by atoms with Crippen LogP contribution in [0, 0.1) is 11.3 Å². The second-order valence-corrected chi connectivity index (χ2v) is 3.43. The molecule has 94 valence electrons. The lowest BCUT2D eigenvalue weighted by molar-refractivity contribution is 0.0495. The van der Waals surface area contributed by atoms with Crippen molar-refractivity contribution in [3.63, 3.8) is 0 Å². The zero-order valence-electron chi connectivity index (χ0n) is 8.94. The van der Waals surface area contributed by atoms with Gasteiger partial charge in [0.1, 0.15) is 6.10 Å². The lowest BCUT2D eigenvalue weighted by Gasteiger charge is -2.15. The van der Waals surface area contributed by atoms with Crippen molar-refractivity contribution in [1.82, 2.24) is 0 Å². The van der Waals surface area contributed by atoms with Crippen molar-refractivity contribution in [2.75, 3.05) is 0 Å². The van der Waals surface area contributed by atoms with E-state index in [1.165, 1.54) is 6.07 Å². The number of nitriles is 1. The van der Waals surface area contributed by atoms with Gasteiger partial charge in [-0.1, -0.05) is 0 Å². The van der Waals surface area contributed by atoms with Gasteiger partial charge in [0.15, 0.2) is 6.10 Å². The van der Waals surface area contributed by atoms with Gasteiger partial charge in [-0.2, -0.15) is 5.26 Å². The summed E-state index contributed by atoms with van der Waals surface area (Å²) < 4.78 is 0. The molecule has 0 aromatic heterocycles. The highest BCUT2D eigenvalue weighted by molar-refractivity contribution is 5.93. The molecule has 1 aromatic carbocycles. The average molecular weight is 251 g/mol. The molecule has 0 fully saturated rings. The van der Waals surface area contributed by atoms with Crippen LogP contribution in [0.3, 0.4) is 0 Å². The summed E-state index contributed by atoms with van der Waals surface area (Å²) in [4.78, 5) is 21.6. The van der Waals surface area contributed by atoms with Crippen LogP contribution in [-0.4, -0.2) is 38.5 Å². The van der Waals surface area contributed by atoms with Crippen molar-refractivity contribution >= 4 is 11.9 Å². The molecule has 0 saturated heterocycles. The third-order valence-corrected chi connectivity index (χ3v) is 2.28. The molecule has 7 nitrogen and oxygen atoms in total. The van der Waals surface area contributed by atoms with E-state index >= 15 is 0 Å². The van der Waals surface area contributed by atoms with Crippen LogP contribution >= 0.6 is 0 Å². The predicted molar refractivity (Wildman–Crippen MR) is 56.9 cm³/mol. The number of rotatable bonds is 4. The molecule has 2 atom stereocenters. The van der Waals surface area contributed by atoms with Gasteiger partial charge in [0.2, 0.25) is 0 Å². The molecule has 7 heteroatoms. The van der Waals surface area contributed by atoms with Crippen LogP contribution in [0.2, 0.25) is 0 Å². The van der Waals surface area contributed by atoms with E-state index in [1.807, 2.05) is 0 Å². The number of aromatic carboxylic acids is 2. The van der Waals surface area contributed by atoms with Gasteiger partial charge in [-0.25, -0.2) is 9.59 Å². The molecule has 1 aromatic rings. The summed E-state index contributed by atoms with van der Waals surface area (Å²) in [6.45, 7) is 0. The standard InChI is InChI=1S/C11H9NO6/c12-4-8(13)9(14)7-3-5(10(15)16)1-2-6(7)11(17)18/h1-3,8-9,13-14H,(H,15,16)(H,17,18). The Kier molecular flexibility index (Phi) is 3.99. The van der Waals surface area contributed by atoms with Gasteiger partial charge in [-0.15, -0.1) is 0 Å². The van der Waals surface area contributed by atoms with Crippen LogP contribution in [0.1, 0.15) is 32.4 Å². The van der Waals surface area contributed by atoms with E-state index in [9.17, 15) is 14.7 Å². The molecule has 18 heavy (non-hydrogen) atoms. The highest BCUT2D eigenvalue weighted by Gasteiger charge is 2.24. The molecule has 0 aliphatic rings. The van der Waals surface area contributed by atoms with Crippen LogP contribution in [0.4, 0.5) is 0 Å². The summed E-state index contributed by atoms with van der Waals surface area (Å²) >= 11 is 0. The van der Waals surface area contributed by atoms with Crippen molar-refractivity contribution in [2.24, 2.45) is 0 Å². The Morgan fingerprint density at radius 2 is 1.78 bits per heavy atom. The first-order valence-corrected chi connectivity index (χ1v) is 4.74. The number of benzene rings is 1. The van der Waals surface area contributed by atoms with E-state index < -0.39 is 24.1 Å². The quantitative estimate of drug-likeness (QED) is 0.552. The fourth-order valence-corrected chi connectivity index (χ4v) is 1.38. The Bertz CT molecular complexity index is 533. The molecule has 0 radical (unpaired) electrons. The molecule has 0 spiro atoms. The first kappa shape index (κ1) is 13.6. The second-order valence-electron chi connectivity index (χ2n) is 3.43. The zero-order valence-corrected chi connectivity index (χ0v) is 8.94. The maximum atomic E-state index is 10.9. The second kappa shape index (κ2) is 5.27. The zero-order chi connectivity index (χ0) is 13.9. The van der Waals surface area contributed by atoms with Gasteiger partial charge in [0.05, 0.1) is 17.2 Å². The maximum Gasteiger partial charge on any atom is 0.336 e. The van der Waals surface area contributed by atoms with Crippen LogP contribution in [0.5, 0.6) is 0 Å². The maximum absolute atomic E-state index is 10.9. The minimum Gasteiger partial charge on any atom is -0.478 e. The van der Waals surface area contributed by atoms with Crippen molar-refractivity contribution in [2.45, 2.75) is 12.2 Å². The molecule has 0 aliphatic heterocycles. The van der Waals surface area contributed by atoms with Crippen LogP contribution in [0.25, 0.3) is 0 Å². The number of carbonyl (C=O) groups is 2. The van der Waals surface area contributed by atoms with E-state index in [0.29, 0.717) is 0 Å². The molecule has 4 N–H and O–H groups in total. The summed E-state index contributed by atoms with van der Waals surface area (Å²) in [5, 5.41) is 44.8. The van der Waals surface area contributed by atoms with Crippen molar-refractivity contribution in [1.29, 1.82) is 5.26 Å². The summed E-state index contributed by atoms with van der Waals surface area (Å²) in [5.74, 6) is -2.71. The third-order valence-electron chi connectivity index (χ3n) is 2.28. The molecular formula is C11H9NO6. The highest BCUT2D eigenvalue weighted by Crippen LogP contribution is 2.23. The smallest absolute Gasteiger partial charge is 0.336 e. The fourth-order valence-electron chi connectivity index (χ4n) is 1.38. The van der Waals surface area contributed by atoms with E-state index in [0.717, 1.165) is 18.2 Å². The van der Waals surface area contributed by atoms with Crippen LogP contribution in [0.15, 0.2) is 18.2 Å². The molecule has 0 amide bonds. The van der Waals surface area contributed by atoms with Gasteiger partial charge in [0.25, 0.3) is 0 Å². The Morgan fingerprint density at radius 1 is 1.17 bits per heavy atom. The van der Waals surface area contributed by atoms with Crippen molar-refractivity contribution < 1.29 is 30.0 Å². The number of carboxylic acid groups (broad SMARTS) is 2. The molecule has 1 rings (SSSR count). The van der Waals surface area contributed by atoms with E-state index in [2.05, 4.69) is 0 Å². The number of aliphatic hydroxyl groups is 2. The Morgan fingerprint density at radius 3 is 2.22 bits per heavy atom.